The Balaban J connectivity index is 1.43. The van der Waals surface area contributed by atoms with E-state index in [2.05, 4.69) is 19.9 Å². The Morgan fingerprint density at radius 2 is 2.07 bits per heavy atom. The Kier molecular flexibility index (Phi) is 10.3. The molecule has 4 atom stereocenters. The lowest BCUT2D eigenvalue weighted by Gasteiger charge is -2.33. The maximum atomic E-state index is 14.0. The maximum absolute atomic E-state index is 14.0. The van der Waals surface area contributed by atoms with Gasteiger partial charge in [0.2, 0.25) is 0 Å². The van der Waals surface area contributed by atoms with E-state index in [0.717, 1.165) is 0 Å². The number of carbonyl (C=O) groups is 2. The van der Waals surface area contributed by atoms with E-state index in [1.807, 2.05) is 4.72 Å². The second-order valence-corrected chi connectivity index (χ2v) is 14.9. The number of methoxy groups -OCH3 is 1. The molecule has 3 aliphatic rings. The fourth-order valence-corrected chi connectivity index (χ4v) is 7.65. The Hall–Kier alpha value is -3.15. The van der Waals surface area contributed by atoms with Crippen molar-refractivity contribution in [3.05, 3.63) is 62.5 Å². The molecule has 0 bridgehead atoms. The van der Waals surface area contributed by atoms with E-state index >= 15 is 0 Å². The molecule has 4 heterocycles. The number of amides is 1. The van der Waals surface area contributed by atoms with Crippen LogP contribution in [0.25, 0.3) is 0 Å². The third-order valence-corrected chi connectivity index (χ3v) is 9.89. The highest BCUT2D eigenvalue weighted by Crippen LogP contribution is 2.38. The highest BCUT2D eigenvalue weighted by atomic mass is 35.5. The summed E-state index contributed by atoms with van der Waals surface area (Å²) in [5.41, 5.74) is 0.248. The van der Waals surface area contributed by atoms with E-state index in [9.17, 15) is 22.4 Å². The Bertz CT molecular complexity index is 1630. The van der Waals surface area contributed by atoms with Crippen LogP contribution < -0.4 is 14.8 Å². The Morgan fingerprint density at radius 3 is 2.74 bits per heavy atom. The molecular weight excluding hydrogens is 663 g/mol. The van der Waals surface area contributed by atoms with E-state index in [0.29, 0.717) is 54.7 Å². The monoisotopic (exact) mass is 698 g/mol. The summed E-state index contributed by atoms with van der Waals surface area (Å²) in [6.07, 6.45) is 1.43. The highest BCUT2D eigenvalue weighted by Gasteiger charge is 2.41. The van der Waals surface area contributed by atoms with Crippen LogP contribution in [0.3, 0.4) is 0 Å². The quantitative estimate of drug-likeness (QED) is 0.349. The van der Waals surface area contributed by atoms with Crippen LogP contribution >= 0.6 is 22.9 Å². The third kappa shape index (κ3) is 8.22. The van der Waals surface area contributed by atoms with E-state index in [1.165, 1.54) is 36.6 Å². The van der Waals surface area contributed by atoms with Crippen molar-refractivity contribution < 1.29 is 36.6 Å². The van der Waals surface area contributed by atoms with Crippen LogP contribution in [0.5, 0.6) is 0 Å². The molecule has 5 rings (SSSR count). The number of likely N-dealkylation sites (tertiary alicyclic amines) is 1. The van der Waals surface area contributed by atoms with E-state index in [4.69, 9.17) is 30.8 Å². The molecule has 13 nitrogen and oxygen atoms in total. The molecule has 0 aliphatic carbocycles. The average Bonchev–Trinajstić information content (AvgIpc) is 3.63. The number of nitrogens with one attached hydrogen (secondary N) is 3. The number of benzene rings is 1. The number of ether oxygens (including phenoxy) is 3. The second kappa shape index (κ2) is 13.9. The fourth-order valence-electron chi connectivity index (χ4n) is 5.82. The third-order valence-electron chi connectivity index (χ3n) is 7.71. The molecule has 1 unspecified atom stereocenters. The van der Waals surface area contributed by atoms with Crippen molar-refractivity contribution in [2.75, 3.05) is 33.4 Å². The number of carbonyl (C=O) groups excluding carboxylic acids is 2. The number of aliphatic imine (C=N–C) groups is 1. The lowest BCUT2D eigenvalue weighted by Crippen LogP contribution is -2.47. The number of aromatic nitrogens is 1. The van der Waals surface area contributed by atoms with Gasteiger partial charge in [-0.15, -0.1) is 11.3 Å². The lowest BCUT2D eigenvalue weighted by molar-refractivity contribution is -0.136. The van der Waals surface area contributed by atoms with Crippen molar-refractivity contribution in [3.63, 3.8) is 0 Å². The van der Waals surface area contributed by atoms with Crippen LogP contribution in [0.2, 0.25) is 5.02 Å². The summed E-state index contributed by atoms with van der Waals surface area (Å²) in [5.74, 6) is -0.797. The summed E-state index contributed by atoms with van der Waals surface area (Å²) in [6, 6.07) is 2.38. The summed E-state index contributed by atoms with van der Waals surface area (Å²) in [5, 5.41) is 5.77. The van der Waals surface area contributed by atoms with Crippen molar-refractivity contribution >= 4 is 51.0 Å². The first-order chi connectivity index (χ1) is 21.7. The van der Waals surface area contributed by atoms with Gasteiger partial charge < -0.3 is 19.5 Å². The average molecular weight is 699 g/mol. The number of hydrogen-bond acceptors (Lipinski definition) is 12. The van der Waals surface area contributed by atoms with E-state index in [-0.39, 0.29) is 29.1 Å². The molecule has 250 valence electrons. The van der Waals surface area contributed by atoms with Crippen molar-refractivity contribution in [3.8, 4) is 0 Å². The van der Waals surface area contributed by atoms with Gasteiger partial charge in [0, 0.05) is 59.0 Å². The summed E-state index contributed by atoms with van der Waals surface area (Å²) in [7, 11) is -2.95. The number of rotatable bonds is 8. The number of halogens is 2. The normalized spacial score (nSPS) is 24.0. The number of hydrogen-bond donors (Lipinski definition) is 3. The summed E-state index contributed by atoms with van der Waals surface area (Å²) in [4.78, 5) is 36.8. The Labute approximate surface area is 275 Å². The first-order valence-corrected chi connectivity index (χ1v) is 17.3. The predicted molar refractivity (Wildman–Crippen MR) is 169 cm³/mol. The summed E-state index contributed by atoms with van der Waals surface area (Å²) >= 11 is 7.83. The number of nitrogens with zero attached hydrogens (tertiary/aromatic N) is 3. The predicted octanol–water partition coefficient (Wildman–Crippen LogP) is 3.29. The highest BCUT2D eigenvalue weighted by molar-refractivity contribution is 7.88. The van der Waals surface area contributed by atoms with E-state index in [1.54, 1.807) is 32.3 Å². The smallest absolute Gasteiger partial charge is 0.422 e. The molecule has 0 spiro atoms. The Morgan fingerprint density at radius 1 is 1.28 bits per heavy atom. The van der Waals surface area contributed by atoms with Gasteiger partial charge in [0.25, 0.3) is 0 Å². The largest absolute Gasteiger partial charge is 0.466 e. The van der Waals surface area contributed by atoms with Crippen LogP contribution in [-0.4, -0.2) is 87.3 Å². The molecule has 17 heteroatoms. The van der Waals surface area contributed by atoms with Crippen molar-refractivity contribution in [2.24, 2.45) is 10.9 Å². The minimum absolute atomic E-state index is 0.0445. The molecular formula is C29H36ClFN6O7S2. The maximum Gasteiger partial charge on any atom is 0.422 e. The van der Waals surface area contributed by atoms with Crippen molar-refractivity contribution in [2.45, 2.75) is 57.3 Å². The molecule has 3 aliphatic heterocycles. The molecule has 1 amide bonds. The minimum atomic E-state index is -4.22. The van der Waals surface area contributed by atoms with Crippen LogP contribution in [0.4, 0.5) is 9.18 Å². The van der Waals surface area contributed by atoms with Gasteiger partial charge in [-0.05, 0) is 45.7 Å². The van der Waals surface area contributed by atoms with Crippen LogP contribution in [0, 0.1) is 11.7 Å². The zero-order chi connectivity index (χ0) is 33.2. The topological polar surface area (TPSA) is 161 Å². The molecule has 1 aromatic heterocycles. The summed E-state index contributed by atoms with van der Waals surface area (Å²) in [6.45, 7) is 6.38. The minimum Gasteiger partial charge on any atom is -0.466 e. The van der Waals surface area contributed by atoms with Gasteiger partial charge in [-0.2, -0.15) is 13.1 Å². The van der Waals surface area contributed by atoms with Gasteiger partial charge in [-0.3, -0.25) is 9.89 Å². The molecule has 0 saturated carbocycles. The van der Waals surface area contributed by atoms with Gasteiger partial charge >= 0.3 is 22.3 Å². The first-order valence-electron chi connectivity index (χ1n) is 14.6. The molecule has 46 heavy (non-hydrogen) atoms. The lowest BCUT2D eigenvalue weighted by atomic mass is 9.94. The van der Waals surface area contributed by atoms with Gasteiger partial charge in [0.1, 0.15) is 17.5 Å². The number of fused-ring (bicyclic) bond motifs is 1. The van der Waals surface area contributed by atoms with E-state index < -0.39 is 45.8 Å². The van der Waals surface area contributed by atoms with Crippen molar-refractivity contribution in [1.29, 1.82) is 0 Å². The first kappa shape index (κ1) is 34.2. The van der Waals surface area contributed by atoms with Gasteiger partial charge in [-0.25, -0.2) is 23.7 Å². The van der Waals surface area contributed by atoms with Crippen LogP contribution in [0.15, 0.2) is 46.0 Å². The zero-order valence-corrected chi connectivity index (χ0v) is 28.1. The SMILES string of the molecule is COC(=O)C1=C(CN2CC[C@H](NS(=O)(=O)NC(=O)OC(C)(C)C)CC3COC[C@H]32)NC(c2nccs2)=N[C@H]1c1ccc(F)cc1Cl. The number of thiazole rings is 1. The summed E-state index contributed by atoms with van der Waals surface area (Å²) < 4.78 is 60.3. The van der Waals surface area contributed by atoms with Crippen LogP contribution in [0.1, 0.15) is 50.2 Å². The molecule has 2 saturated heterocycles. The number of amidine groups is 1. The standard InChI is InChI=1S/C29H36ClFN6O7S2/c1-29(2,3)44-28(39)36-46(40,41)35-18-7-9-37(22-15-43-14-16(22)11-18)13-21-23(27(38)42-4)24(19-6-5-17(31)12-20(19)30)34-25(33-21)26-32-8-10-45-26/h5-6,8,10,12,16,18,22,24,35H,7,9,11,13-15H2,1-4H3,(H,33,34)(H,36,39)/t16?,18-,22+,24-/m0/s1. The molecule has 0 radical (unpaired) electrons. The van der Waals surface area contributed by atoms with Crippen LogP contribution in [-0.2, 0) is 29.2 Å². The van der Waals surface area contributed by atoms with Gasteiger partial charge in [0.15, 0.2) is 10.8 Å². The van der Waals surface area contributed by atoms with Gasteiger partial charge in [-0.1, -0.05) is 17.7 Å². The molecule has 2 aromatic rings. The fraction of sp³-hybridized carbons (Fsp3) is 0.517. The molecule has 1 aromatic carbocycles. The molecule has 2 fully saturated rings. The van der Waals surface area contributed by atoms with Crippen molar-refractivity contribution in [1.82, 2.24) is 24.6 Å². The molecule has 3 N–H and O–H groups in total. The number of esters is 1. The zero-order valence-electron chi connectivity index (χ0n) is 25.7. The second-order valence-electron chi connectivity index (χ2n) is 12.2. The van der Waals surface area contributed by atoms with Gasteiger partial charge in [0.05, 0.1) is 25.9 Å².